The van der Waals surface area contributed by atoms with E-state index in [9.17, 15) is 31.2 Å². The van der Waals surface area contributed by atoms with E-state index in [1.165, 1.54) is 21.3 Å². The highest BCUT2D eigenvalue weighted by Gasteiger charge is 2.33. The molecule has 3 rings (SSSR count). The number of piperazine rings is 1. The normalized spacial score (nSPS) is 15.8. The molecule has 2 heterocycles. The van der Waals surface area contributed by atoms with Crippen LogP contribution in [0.25, 0.3) is 0 Å². The minimum absolute atomic E-state index is 0.0280. The van der Waals surface area contributed by atoms with Crippen LogP contribution < -0.4 is 5.56 Å². The maximum absolute atomic E-state index is 13.0. The predicted molar refractivity (Wildman–Crippen MR) is 107 cm³/mol. The highest BCUT2D eigenvalue weighted by atomic mass is 35.5. The van der Waals surface area contributed by atoms with Crippen molar-refractivity contribution in [1.29, 1.82) is 0 Å². The summed E-state index contributed by atoms with van der Waals surface area (Å²) in [5.41, 5.74) is -1.14. The zero-order valence-electron chi connectivity index (χ0n) is 16.4. The number of amides is 1. The number of carbonyl (C=O) groups is 1. The standard InChI is InChI=1S/C19H19ClF3N3O4S/c1-13-2-4-15(5-3-13)31(29,30)26-8-6-24(7-9-26)17(27)12-25-11-14(19(21,22)23)10-16(20)18(25)28/h2-5,10-11H,6-9,12H2,1H3. The van der Waals surface area contributed by atoms with Gasteiger partial charge >= 0.3 is 6.18 Å². The molecule has 1 aromatic heterocycles. The fourth-order valence-corrected chi connectivity index (χ4v) is 4.80. The van der Waals surface area contributed by atoms with Crippen molar-refractivity contribution in [3.8, 4) is 0 Å². The summed E-state index contributed by atoms with van der Waals surface area (Å²) in [6.07, 6.45) is -4.18. The number of carbonyl (C=O) groups excluding carboxylic acids is 1. The van der Waals surface area contributed by atoms with Gasteiger partial charge in [-0.1, -0.05) is 29.3 Å². The Hall–Kier alpha value is -2.37. The van der Waals surface area contributed by atoms with Crippen LogP contribution >= 0.6 is 11.6 Å². The summed E-state index contributed by atoms with van der Waals surface area (Å²) in [5, 5.41) is -0.642. The van der Waals surface area contributed by atoms with Gasteiger partial charge in [-0.2, -0.15) is 17.5 Å². The Labute approximate surface area is 181 Å². The van der Waals surface area contributed by atoms with Crippen LogP contribution in [0.2, 0.25) is 5.02 Å². The Kier molecular flexibility index (Phi) is 6.49. The van der Waals surface area contributed by atoms with Gasteiger partial charge in [-0.3, -0.25) is 9.59 Å². The molecular weight excluding hydrogens is 459 g/mol. The second kappa shape index (κ2) is 8.64. The van der Waals surface area contributed by atoms with Crippen molar-refractivity contribution in [3.05, 3.63) is 63.0 Å². The zero-order valence-corrected chi connectivity index (χ0v) is 18.0. The van der Waals surface area contributed by atoms with Crippen LogP contribution in [0.5, 0.6) is 0 Å². The number of rotatable bonds is 4. The van der Waals surface area contributed by atoms with Gasteiger partial charge in [0.25, 0.3) is 5.56 Å². The molecule has 0 spiro atoms. The van der Waals surface area contributed by atoms with Crippen molar-refractivity contribution in [2.75, 3.05) is 26.2 Å². The van der Waals surface area contributed by atoms with E-state index < -0.39 is 44.8 Å². The van der Waals surface area contributed by atoms with Gasteiger partial charge in [0.1, 0.15) is 11.6 Å². The first-order chi connectivity index (χ1) is 14.4. The first-order valence-corrected chi connectivity index (χ1v) is 11.0. The highest BCUT2D eigenvalue weighted by Crippen LogP contribution is 2.29. The molecule has 0 saturated carbocycles. The van der Waals surface area contributed by atoms with Crippen molar-refractivity contribution in [2.24, 2.45) is 0 Å². The Morgan fingerprint density at radius 2 is 1.68 bits per heavy atom. The Balaban J connectivity index is 1.69. The predicted octanol–water partition coefficient (Wildman–Crippen LogP) is 2.36. The molecule has 1 fully saturated rings. The van der Waals surface area contributed by atoms with Crippen LogP contribution in [-0.4, -0.2) is 54.3 Å². The number of aromatic nitrogens is 1. The van der Waals surface area contributed by atoms with Crippen LogP contribution in [0.3, 0.4) is 0 Å². The van der Waals surface area contributed by atoms with Gasteiger partial charge in [0.15, 0.2) is 0 Å². The molecule has 0 aliphatic carbocycles. The summed E-state index contributed by atoms with van der Waals surface area (Å²) in [6.45, 7) is 1.36. The zero-order chi connectivity index (χ0) is 23.0. The van der Waals surface area contributed by atoms with E-state index in [1.807, 2.05) is 6.92 Å². The molecule has 0 atom stereocenters. The lowest BCUT2D eigenvalue weighted by molar-refractivity contribution is -0.139. The quantitative estimate of drug-likeness (QED) is 0.677. The fourth-order valence-electron chi connectivity index (χ4n) is 3.15. The van der Waals surface area contributed by atoms with Crippen molar-refractivity contribution in [1.82, 2.24) is 13.8 Å². The molecule has 0 radical (unpaired) electrons. The third-order valence-electron chi connectivity index (χ3n) is 4.93. The molecule has 0 N–H and O–H groups in total. The molecule has 1 saturated heterocycles. The Morgan fingerprint density at radius 1 is 1.10 bits per heavy atom. The van der Waals surface area contributed by atoms with Crippen LogP contribution in [0.4, 0.5) is 13.2 Å². The maximum atomic E-state index is 13.0. The number of hydrogen-bond donors (Lipinski definition) is 0. The molecule has 1 aliphatic heterocycles. The molecule has 12 heteroatoms. The van der Waals surface area contributed by atoms with E-state index in [2.05, 4.69) is 0 Å². The van der Waals surface area contributed by atoms with Gasteiger partial charge in [-0.15, -0.1) is 0 Å². The molecule has 0 unspecified atom stereocenters. The summed E-state index contributed by atoms with van der Waals surface area (Å²) >= 11 is 5.60. The number of alkyl halides is 3. The van der Waals surface area contributed by atoms with Gasteiger partial charge in [0.2, 0.25) is 15.9 Å². The number of sulfonamides is 1. The second-order valence-corrected chi connectivity index (χ2v) is 9.45. The lowest BCUT2D eigenvalue weighted by Crippen LogP contribution is -2.51. The molecule has 1 aliphatic rings. The molecule has 168 valence electrons. The van der Waals surface area contributed by atoms with Crippen LogP contribution in [0.15, 0.2) is 46.2 Å². The topological polar surface area (TPSA) is 79.7 Å². The SMILES string of the molecule is Cc1ccc(S(=O)(=O)N2CCN(C(=O)Cn3cc(C(F)(F)F)cc(Cl)c3=O)CC2)cc1. The van der Waals surface area contributed by atoms with Crippen molar-refractivity contribution in [3.63, 3.8) is 0 Å². The molecule has 31 heavy (non-hydrogen) atoms. The van der Waals surface area contributed by atoms with Crippen LogP contribution in [0, 0.1) is 6.92 Å². The number of aryl methyl sites for hydroxylation is 1. The average Bonchev–Trinajstić information content (AvgIpc) is 2.71. The summed E-state index contributed by atoms with van der Waals surface area (Å²) < 4.78 is 66.2. The summed E-state index contributed by atoms with van der Waals surface area (Å²) in [4.78, 5) is 26.0. The molecule has 0 bridgehead atoms. The van der Waals surface area contributed by atoms with Gasteiger partial charge in [0.05, 0.1) is 10.5 Å². The van der Waals surface area contributed by atoms with Gasteiger partial charge < -0.3 is 9.47 Å². The summed E-state index contributed by atoms with van der Waals surface area (Å²) in [7, 11) is -3.72. The molecule has 7 nitrogen and oxygen atoms in total. The minimum atomic E-state index is -4.72. The van der Waals surface area contributed by atoms with Crippen molar-refractivity contribution < 1.29 is 26.4 Å². The van der Waals surface area contributed by atoms with Gasteiger partial charge in [-0.05, 0) is 25.1 Å². The van der Waals surface area contributed by atoms with Gasteiger partial charge in [0, 0.05) is 32.4 Å². The molecule has 1 amide bonds. The molecular formula is C19H19ClF3N3O4S. The number of halogens is 4. The third kappa shape index (κ3) is 5.10. The number of pyridine rings is 1. The smallest absolute Gasteiger partial charge is 0.339 e. The van der Waals surface area contributed by atoms with E-state index in [4.69, 9.17) is 11.6 Å². The third-order valence-corrected chi connectivity index (χ3v) is 7.11. The van der Waals surface area contributed by atoms with E-state index >= 15 is 0 Å². The summed E-state index contributed by atoms with van der Waals surface area (Å²) in [6, 6.07) is 6.90. The second-order valence-electron chi connectivity index (χ2n) is 7.11. The number of hydrogen-bond acceptors (Lipinski definition) is 4. The van der Waals surface area contributed by atoms with E-state index in [0.717, 1.165) is 5.56 Å². The first-order valence-electron chi connectivity index (χ1n) is 9.21. The maximum Gasteiger partial charge on any atom is 0.417 e. The van der Waals surface area contributed by atoms with E-state index in [0.29, 0.717) is 16.8 Å². The fraction of sp³-hybridized carbons (Fsp3) is 0.368. The number of benzene rings is 1. The lowest BCUT2D eigenvalue weighted by atomic mass is 10.2. The largest absolute Gasteiger partial charge is 0.417 e. The highest BCUT2D eigenvalue weighted by molar-refractivity contribution is 7.89. The van der Waals surface area contributed by atoms with E-state index in [-0.39, 0.29) is 31.1 Å². The minimum Gasteiger partial charge on any atom is -0.339 e. The van der Waals surface area contributed by atoms with Crippen molar-refractivity contribution >= 4 is 27.5 Å². The van der Waals surface area contributed by atoms with Crippen molar-refractivity contribution in [2.45, 2.75) is 24.5 Å². The van der Waals surface area contributed by atoms with Gasteiger partial charge in [-0.25, -0.2) is 8.42 Å². The Morgan fingerprint density at radius 3 is 2.23 bits per heavy atom. The summed E-state index contributed by atoms with van der Waals surface area (Å²) in [5.74, 6) is -0.607. The lowest BCUT2D eigenvalue weighted by Gasteiger charge is -2.34. The first kappa shape index (κ1) is 23.3. The Bertz CT molecular complexity index is 1140. The van der Waals surface area contributed by atoms with E-state index in [1.54, 1.807) is 12.1 Å². The molecule has 2 aromatic rings. The van der Waals surface area contributed by atoms with Crippen LogP contribution in [0.1, 0.15) is 11.1 Å². The monoisotopic (exact) mass is 477 g/mol. The number of nitrogens with zero attached hydrogens (tertiary/aromatic N) is 3. The molecule has 1 aromatic carbocycles. The average molecular weight is 478 g/mol. The van der Waals surface area contributed by atoms with Crippen LogP contribution in [-0.2, 0) is 27.5 Å².